The maximum Gasteiger partial charge on any atom is 0.342 e. The molecule has 0 amide bonds. The molecular weight excluding hydrogens is 366 g/mol. The van der Waals surface area contributed by atoms with Crippen LogP contribution in [0, 0.1) is 10.1 Å². The van der Waals surface area contributed by atoms with Crippen LogP contribution >= 0.6 is 0 Å². The number of carbonyl (C=O) groups is 2. The number of nitrogens with zero attached hydrogens (tertiary/aromatic N) is 3. The van der Waals surface area contributed by atoms with Gasteiger partial charge in [-0.05, 0) is 41.5 Å². The van der Waals surface area contributed by atoms with E-state index in [9.17, 15) is 19.7 Å². The van der Waals surface area contributed by atoms with Crippen LogP contribution in [0.25, 0.3) is 6.08 Å². The van der Waals surface area contributed by atoms with Gasteiger partial charge in [-0.25, -0.2) is 9.55 Å². The smallest absolute Gasteiger partial charge is 0.342 e. The Balaban J connectivity index is 1.74. The maximum atomic E-state index is 12.8. The molecule has 0 bridgehead atoms. The molecule has 0 radical (unpaired) electrons. The molecule has 2 aromatic rings. The molecule has 9 heteroatoms. The minimum absolute atomic E-state index is 0.127. The van der Waals surface area contributed by atoms with Crippen LogP contribution in [0.15, 0.2) is 30.0 Å². The maximum absolute atomic E-state index is 12.8. The van der Waals surface area contributed by atoms with E-state index in [1.165, 1.54) is 24.7 Å². The first-order valence-electron chi connectivity index (χ1n) is 8.67. The molecule has 1 aromatic heterocycles. The van der Waals surface area contributed by atoms with Gasteiger partial charge in [-0.1, -0.05) is 0 Å². The van der Waals surface area contributed by atoms with Crippen molar-refractivity contribution in [1.82, 2.24) is 9.55 Å². The minimum atomic E-state index is -0.518. The largest absolute Gasteiger partial charge is 0.490 e. The van der Waals surface area contributed by atoms with Crippen LogP contribution < -0.4 is 4.74 Å². The van der Waals surface area contributed by atoms with Gasteiger partial charge >= 0.3 is 11.8 Å². The zero-order chi connectivity index (χ0) is 20.3. The molecule has 1 aliphatic rings. The molecule has 0 unspecified atom stereocenters. The fourth-order valence-corrected chi connectivity index (χ4v) is 3.00. The van der Waals surface area contributed by atoms with Gasteiger partial charge in [-0.3, -0.25) is 9.59 Å². The van der Waals surface area contributed by atoms with Gasteiger partial charge in [0.1, 0.15) is 25.2 Å². The van der Waals surface area contributed by atoms with Crippen molar-refractivity contribution in [2.75, 3.05) is 13.2 Å². The molecular formula is C19H19N3O6. The second-order valence-electron chi connectivity index (χ2n) is 6.30. The van der Waals surface area contributed by atoms with Gasteiger partial charge in [0.2, 0.25) is 5.82 Å². The Hall–Kier alpha value is -3.49. The van der Waals surface area contributed by atoms with Gasteiger partial charge in [0.25, 0.3) is 0 Å². The van der Waals surface area contributed by atoms with Crippen molar-refractivity contribution in [1.29, 1.82) is 0 Å². The second-order valence-corrected chi connectivity index (χ2v) is 6.30. The molecule has 0 fully saturated rings. The topological polar surface area (TPSA) is 114 Å². The first kappa shape index (κ1) is 19.3. The summed E-state index contributed by atoms with van der Waals surface area (Å²) in [4.78, 5) is 38.0. The molecule has 0 atom stereocenters. The summed E-state index contributed by atoms with van der Waals surface area (Å²) in [6.45, 7) is 1.72. The normalized spacial score (nSPS) is 14.6. The Bertz CT molecular complexity index is 976. The van der Waals surface area contributed by atoms with E-state index in [1.54, 1.807) is 18.2 Å². The number of allylic oxidation sites excluding steroid dienone is 1. The minimum Gasteiger partial charge on any atom is -0.490 e. The fourth-order valence-electron chi connectivity index (χ4n) is 3.00. The van der Waals surface area contributed by atoms with E-state index in [1.807, 2.05) is 6.07 Å². The zero-order valence-corrected chi connectivity index (χ0v) is 15.5. The Morgan fingerprint density at radius 2 is 2.14 bits per heavy atom. The average molecular weight is 385 g/mol. The fraction of sp³-hybridized carbons (Fsp3) is 0.316. The molecule has 28 heavy (non-hydrogen) atoms. The van der Waals surface area contributed by atoms with Crippen LogP contribution in [0.3, 0.4) is 0 Å². The van der Waals surface area contributed by atoms with Gasteiger partial charge in [-0.2, -0.15) is 0 Å². The molecule has 0 N–H and O–H groups in total. The van der Waals surface area contributed by atoms with E-state index >= 15 is 0 Å². The number of benzene rings is 1. The van der Waals surface area contributed by atoms with Crippen molar-refractivity contribution in [3.63, 3.8) is 0 Å². The van der Waals surface area contributed by atoms with Crippen LogP contribution in [0.2, 0.25) is 0 Å². The Morgan fingerprint density at radius 3 is 2.82 bits per heavy atom. The van der Waals surface area contributed by atoms with Gasteiger partial charge in [0, 0.05) is 24.1 Å². The lowest BCUT2D eigenvalue weighted by atomic mass is 9.86. The predicted molar refractivity (Wildman–Crippen MR) is 99.1 cm³/mol. The highest BCUT2D eigenvalue weighted by Crippen LogP contribution is 2.29. The van der Waals surface area contributed by atoms with Crippen LogP contribution in [0.4, 0.5) is 5.82 Å². The summed E-state index contributed by atoms with van der Waals surface area (Å²) < 4.78 is 11.7. The molecule has 3 rings (SSSR count). The summed E-state index contributed by atoms with van der Waals surface area (Å²) >= 11 is 0. The summed E-state index contributed by atoms with van der Waals surface area (Å²) in [7, 11) is 1.54. The van der Waals surface area contributed by atoms with E-state index in [4.69, 9.17) is 9.47 Å². The Labute approximate surface area is 160 Å². The van der Waals surface area contributed by atoms with Crippen molar-refractivity contribution in [2.45, 2.75) is 19.8 Å². The number of imidazole rings is 1. The van der Waals surface area contributed by atoms with Crippen molar-refractivity contribution >= 4 is 23.6 Å². The van der Waals surface area contributed by atoms with Gasteiger partial charge in [-0.15, -0.1) is 0 Å². The van der Waals surface area contributed by atoms with E-state index in [0.717, 1.165) is 5.56 Å². The number of hydrogen-bond donors (Lipinski definition) is 0. The second kappa shape index (κ2) is 8.03. The molecule has 1 aromatic carbocycles. The molecule has 146 valence electrons. The van der Waals surface area contributed by atoms with Crippen LogP contribution in [-0.2, 0) is 23.0 Å². The number of nitro groups is 1. The third-order valence-electron chi connectivity index (χ3n) is 4.42. The van der Waals surface area contributed by atoms with Crippen molar-refractivity contribution in [3.8, 4) is 5.75 Å². The predicted octanol–water partition coefficient (Wildman–Crippen LogP) is 2.48. The van der Waals surface area contributed by atoms with Gasteiger partial charge < -0.3 is 19.6 Å². The molecule has 1 aliphatic carbocycles. The SMILES string of the molecule is CC(=O)OCCOc1ccc2c(c1)CCC(=Cc1ncc([N+](=O)[O-])n1C)C2=O. The highest BCUT2D eigenvalue weighted by molar-refractivity contribution is 6.13. The standard InChI is InChI=1S/C19H19N3O6/c1-12(23)27-7-8-28-15-5-6-16-13(9-15)3-4-14(19(16)24)10-17-20-11-18(21(17)2)22(25)26/h5-6,9-11H,3-4,7-8H2,1-2H3. The van der Waals surface area contributed by atoms with E-state index in [2.05, 4.69) is 4.98 Å². The summed E-state index contributed by atoms with van der Waals surface area (Å²) in [5, 5.41) is 10.9. The summed E-state index contributed by atoms with van der Waals surface area (Å²) in [6, 6.07) is 5.20. The van der Waals surface area contributed by atoms with Crippen molar-refractivity contribution < 1.29 is 24.0 Å². The van der Waals surface area contributed by atoms with Crippen LogP contribution in [0.1, 0.15) is 35.1 Å². The number of ketones is 1. The quantitative estimate of drug-likeness (QED) is 0.247. The third-order valence-corrected chi connectivity index (χ3v) is 4.42. The van der Waals surface area contributed by atoms with Gasteiger partial charge in [0.15, 0.2) is 5.78 Å². The highest BCUT2D eigenvalue weighted by Gasteiger charge is 2.24. The third kappa shape index (κ3) is 4.08. The summed E-state index contributed by atoms with van der Waals surface area (Å²) in [5.74, 6) is 0.344. The monoisotopic (exact) mass is 385 g/mol. The summed E-state index contributed by atoms with van der Waals surface area (Å²) in [6.07, 6.45) is 3.92. The lowest BCUT2D eigenvalue weighted by Gasteiger charge is -2.18. The number of Topliss-reactive ketones (excluding diaryl/α,β-unsaturated/α-hetero) is 1. The number of aromatic nitrogens is 2. The van der Waals surface area contributed by atoms with Crippen LogP contribution in [0.5, 0.6) is 5.75 Å². The first-order chi connectivity index (χ1) is 13.4. The number of carbonyl (C=O) groups excluding carboxylic acids is 2. The lowest BCUT2D eigenvalue weighted by Crippen LogP contribution is -2.15. The Morgan fingerprint density at radius 1 is 1.36 bits per heavy atom. The van der Waals surface area contributed by atoms with Crippen molar-refractivity contribution in [2.24, 2.45) is 7.05 Å². The number of hydrogen-bond acceptors (Lipinski definition) is 7. The Kier molecular flexibility index (Phi) is 5.53. The van der Waals surface area contributed by atoms with E-state index in [-0.39, 0.29) is 30.8 Å². The van der Waals surface area contributed by atoms with Crippen molar-refractivity contribution in [3.05, 3.63) is 57.0 Å². The molecule has 0 saturated carbocycles. The number of aryl methyl sites for hydroxylation is 1. The number of ether oxygens (including phenoxy) is 2. The summed E-state index contributed by atoms with van der Waals surface area (Å²) in [5.41, 5.74) is 2.01. The molecule has 0 aliphatic heterocycles. The lowest BCUT2D eigenvalue weighted by molar-refractivity contribution is -0.391. The highest BCUT2D eigenvalue weighted by atomic mass is 16.6. The van der Waals surface area contributed by atoms with Gasteiger partial charge in [0.05, 0.1) is 7.05 Å². The number of fused-ring (bicyclic) bond motifs is 1. The molecule has 0 saturated heterocycles. The number of esters is 1. The molecule has 0 spiro atoms. The van der Waals surface area contributed by atoms with Crippen LogP contribution in [-0.4, -0.2) is 39.4 Å². The van der Waals surface area contributed by atoms with E-state index < -0.39 is 4.92 Å². The average Bonchev–Trinajstić information content (AvgIpc) is 3.01. The molecule has 1 heterocycles. The number of rotatable bonds is 6. The first-order valence-corrected chi connectivity index (χ1v) is 8.67. The van der Waals surface area contributed by atoms with E-state index in [0.29, 0.717) is 35.6 Å². The zero-order valence-electron chi connectivity index (χ0n) is 15.5. The molecule has 9 nitrogen and oxygen atoms in total.